The number of amidine groups is 1. The van der Waals surface area contributed by atoms with E-state index in [0.717, 1.165) is 18.4 Å². The molecule has 0 unspecified atom stereocenters. The second-order valence-electron chi connectivity index (χ2n) is 8.73. The molecular weight excluding hydrogens is 445 g/mol. The first-order chi connectivity index (χ1) is 16.4. The third kappa shape index (κ3) is 6.71. The smallest absolute Gasteiger partial charge is 0.419 e. The van der Waals surface area contributed by atoms with E-state index in [-0.39, 0.29) is 24.3 Å². The van der Waals surface area contributed by atoms with Crippen LogP contribution in [0.15, 0.2) is 53.7 Å². The van der Waals surface area contributed by atoms with Crippen LogP contribution >= 0.6 is 0 Å². The van der Waals surface area contributed by atoms with Gasteiger partial charge >= 0.3 is 6.18 Å². The number of alkyl halides is 3. The number of halogens is 3. The summed E-state index contributed by atoms with van der Waals surface area (Å²) in [5.74, 6) is 1.09. The maximum absolute atomic E-state index is 13.3. The standard InChI is InChI=1S/C25H29F3N4O2/c26-25(27,28)20-5-1-2-7-22(20)34-19-11-15-32(16-12-19)24(21-6-3-4-13-29-21)31-17-23(33)30-14-10-18-8-9-18/h1-7,13,18-19H,8-12,14-17H2,(H,30,33). The molecule has 182 valence electrons. The number of pyridine rings is 1. The Labute approximate surface area is 197 Å². The summed E-state index contributed by atoms with van der Waals surface area (Å²) in [6.07, 6.45) is 1.44. The van der Waals surface area contributed by atoms with Crippen LogP contribution in [0.2, 0.25) is 0 Å². The summed E-state index contributed by atoms with van der Waals surface area (Å²) in [6, 6.07) is 10.8. The van der Waals surface area contributed by atoms with Crippen LogP contribution < -0.4 is 10.1 Å². The number of nitrogens with one attached hydrogen (secondary N) is 1. The van der Waals surface area contributed by atoms with Crippen molar-refractivity contribution in [3.8, 4) is 5.75 Å². The fourth-order valence-corrected chi connectivity index (χ4v) is 4.03. The molecule has 1 aliphatic heterocycles. The lowest BCUT2D eigenvalue weighted by atomic mass is 10.1. The van der Waals surface area contributed by atoms with Crippen molar-refractivity contribution in [1.29, 1.82) is 0 Å². The van der Waals surface area contributed by atoms with E-state index in [9.17, 15) is 18.0 Å². The highest BCUT2D eigenvalue weighted by Crippen LogP contribution is 2.37. The summed E-state index contributed by atoms with van der Waals surface area (Å²) < 4.78 is 45.6. The molecule has 1 N–H and O–H groups in total. The molecule has 1 saturated carbocycles. The van der Waals surface area contributed by atoms with Crippen LogP contribution in [0, 0.1) is 5.92 Å². The lowest BCUT2D eigenvalue weighted by Crippen LogP contribution is -2.43. The SMILES string of the molecule is O=C(CN=C(c1ccccn1)N1CCC(Oc2ccccc2C(F)(F)F)CC1)NCCC1CC1. The Kier molecular flexibility index (Phi) is 7.70. The molecule has 1 aliphatic carbocycles. The molecule has 1 saturated heterocycles. The number of benzene rings is 1. The van der Waals surface area contributed by atoms with E-state index in [2.05, 4.69) is 15.3 Å². The van der Waals surface area contributed by atoms with Gasteiger partial charge in [-0.15, -0.1) is 0 Å². The van der Waals surface area contributed by atoms with E-state index < -0.39 is 11.7 Å². The van der Waals surface area contributed by atoms with Crippen molar-refractivity contribution in [2.24, 2.45) is 10.9 Å². The highest BCUT2D eigenvalue weighted by atomic mass is 19.4. The number of amides is 1. The minimum Gasteiger partial charge on any atom is -0.490 e. The second kappa shape index (κ2) is 10.9. The quantitative estimate of drug-likeness (QED) is 0.458. The van der Waals surface area contributed by atoms with Crippen LogP contribution in [0.5, 0.6) is 5.75 Å². The third-order valence-electron chi connectivity index (χ3n) is 6.07. The summed E-state index contributed by atoms with van der Waals surface area (Å²) in [6.45, 7) is 1.75. The van der Waals surface area contributed by atoms with Crippen molar-refractivity contribution >= 4 is 11.7 Å². The first-order valence-electron chi connectivity index (χ1n) is 11.7. The van der Waals surface area contributed by atoms with E-state index in [4.69, 9.17) is 4.74 Å². The minimum absolute atomic E-state index is 0.00591. The number of likely N-dealkylation sites (tertiary alicyclic amines) is 1. The zero-order valence-corrected chi connectivity index (χ0v) is 18.9. The predicted molar refractivity (Wildman–Crippen MR) is 123 cm³/mol. The Hall–Kier alpha value is -3.10. The van der Waals surface area contributed by atoms with Gasteiger partial charge in [-0.25, -0.2) is 0 Å². The van der Waals surface area contributed by atoms with Gasteiger partial charge in [0, 0.05) is 38.7 Å². The van der Waals surface area contributed by atoms with E-state index in [1.165, 1.54) is 25.0 Å². The zero-order valence-electron chi connectivity index (χ0n) is 18.9. The van der Waals surface area contributed by atoms with Crippen molar-refractivity contribution in [1.82, 2.24) is 15.2 Å². The van der Waals surface area contributed by atoms with Crippen LogP contribution in [0.25, 0.3) is 0 Å². The van der Waals surface area contributed by atoms with Gasteiger partial charge in [0.05, 0.1) is 5.56 Å². The molecule has 2 aliphatic rings. The number of ether oxygens (including phenoxy) is 1. The fraction of sp³-hybridized carbons (Fsp3) is 0.480. The molecule has 34 heavy (non-hydrogen) atoms. The largest absolute Gasteiger partial charge is 0.490 e. The molecular formula is C25H29F3N4O2. The summed E-state index contributed by atoms with van der Waals surface area (Å²) in [5.41, 5.74) is -0.101. The number of hydrogen-bond donors (Lipinski definition) is 1. The molecule has 1 aromatic carbocycles. The normalized spacial score (nSPS) is 17.5. The molecule has 2 fully saturated rings. The van der Waals surface area contributed by atoms with E-state index in [0.29, 0.717) is 44.0 Å². The van der Waals surface area contributed by atoms with Crippen molar-refractivity contribution in [3.05, 3.63) is 59.9 Å². The highest BCUT2D eigenvalue weighted by Gasteiger charge is 2.35. The number of aliphatic imine (C=N–C) groups is 1. The van der Waals surface area contributed by atoms with Crippen molar-refractivity contribution in [2.45, 2.75) is 44.4 Å². The lowest BCUT2D eigenvalue weighted by Gasteiger charge is -2.34. The molecule has 6 nitrogen and oxygen atoms in total. The number of carbonyl (C=O) groups excluding carboxylic acids is 1. The van der Waals surface area contributed by atoms with Gasteiger partial charge in [0.2, 0.25) is 5.91 Å². The predicted octanol–water partition coefficient (Wildman–Crippen LogP) is 4.31. The summed E-state index contributed by atoms with van der Waals surface area (Å²) in [7, 11) is 0. The summed E-state index contributed by atoms with van der Waals surface area (Å²) in [5, 5.41) is 2.92. The van der Waals surface area contributed by atoms with Crippen LogP contribution in [0.1, 0.15) is 43.4 Å². The van der Waals surface area contributed by atoms with E-state index >= 15 is 0 Å². The molecule has 0 bridgehead atoms. The molecule has 2 aromatic rings. The lowest BCUT2D eigenvalue weighted by molar-refractivity contribution is -0.139. The first kappa shape index (κ1) is 24.0. The summed E-state index contributed by atoms with van der Waals surface area (Å²) >= 11 is 0. The van der Waals surface area contributed by atoms with E-state index in [1.54, 1.807) is 12.3 Å². The van der Waals surface area contributed by atoms with Crippen LogP contribution in [-0.2, 0) is 11.0 Å². The Morgan fingerprint density at radius 1 is 1.09 bits per heavy atom. The topological polar surface area (TPSA) is 66.8 Å². The van der Waals surface area contributed by atoms with E-state index in [1.807, 2.05) is 23.1 Å². The summed E-state index contributed by atoms with van der Waals surface area (Å²) in [4.78, 5) is 23.2. The van der Waals surface area contributed by atoms with Gasteiger partial charge in [-0.3, -0.25) is 14.8 Å². The maximum Gasteiger partial charge on any atom is 0.419 e. The molecule has 0 spiro atoms. The number of hydrogen-bond acceptors (Lipinski definition) is 4. The Balaban J connectivity index is 1.37. The molecule has 1 amide bonds. The minimum atomic E-state index is -4.46. The molecule has 1 aromatic heterocycles. The van der Waals surface area contributed by atoms with Gasteiger partial charge in [-0.05, 0) is 36.6 Å². The van der Waals surface area contributed by atoms with Crippen molar-refractivity contribution < 1.29 is 22.7 Å². The number of aromatic nitrogens is 1. The molecule has 2 heterocycles. The van der Waals surface area contributed by atoms with Crippen molar-refractivity contribution in [2.75, 3.05) is 26.2 Å². The monoisotopic (exact) mass is 474 g/mol. The zero-order chi connectivity index (χ0) is 24.0. The second-order valence-corrected chi connectivity index (χ2v) is 8.73. The highest BCUT2D eigenvalue weighted by molar-refractivity contribution is 5.98. The van der Waals surface area contributed by atoms with Crippen LogP contribution in [0.4, 0.5) is 13.2 Å². The van der Waals surface area contributed by atoms with Gasteiger partial charge in [0.25, 0.3) is 0 Å². The van der Waals surface area contributed by atoms with Crippen molar-refractivity contribution in [3.63, 3.8) is 0 Å². The van der Waals surface area contributed by atoms with Gasteiger partial charge < -0.3 is 15.0 Å². The molecule has 0 radical (unpaired) electrons. The molecule has 4 rings (SSSR count). The van der Waals surface area contributed by atoms with Crippen LogP contribution in [-0.4, -0.2) is 53.9 Å². The molecule has 9 heteroatoms. The van der Waals surface area contributed by atoms with Crippen LogP contribution in [0.3, 0.4) is 0 Å². The van der Waals surface area contributed by atoms with Gasteiger partial charge in [-0.2, -0.15) is 13.2 Å². The maximum atomic E-state index is 13.3. The number of piperidine rings is 1. The number of para-hydroxylation sites is 1. The number of carbonyl (C=O) groups is 1. The molecule has 0 atom stereocenters. The Bertz CT molecular complexity index is 985. The van der Waals surface area contributed by atoms with Gasteiger partial charge in [-0.1, -0.05) is 31.0 Å². The number of nitrogens with zero attached hydrogens (tertiary/aromatic N) is 3. The average molecular weight is 475 g/mol. The van der Waals surface area contributed by atoms with Gasteiger partial charge in [0.1, 0.15) is 29.9 Å². The third-order valence-corrected chi connectivity index (χ3v) is 6.07. The average Bonchev–Trinajstić information content (AvgIpc) is 3.65. The number of rotatable bonds is 8. The first-order valence-corrected chi connectivity index (χ1v) is 11.7. The Morgan fingerprint density at radius 2 is 1.82 bits per heavy atom. The fourth-order valence-electron chi connectivity index (χ4n) is 4.03. The Morgan fingerprint density at radius 3 is 2.50 bits per heavy atom. The van der Waals surface area contributed by atoms with Gasteiger partial charge in [0.15, 0.2) is 0 Å².